The SMILES string of the molecule is CCCCCCCCCCCCCCCCCC[NH+](CCCCCCCCCC)c1ccccc1C.Fc1c(F)c(F)c([B-](c2c(F)c(F)c(F)c(F)c2F)(c2c(F)c(F)c(F)c(F)c2F)c2c(F)c(F)c(F)c(F)c2F)c(F)c1F. The molecule has 1 nitrogen and oxygen atoms in total. The Bertz CT molecular complexity index is 2480. The summed E-state index contributed by atoms with van der Waals surface area (Å²) in [6, 6.07) is 9.11. The summed E-state index contributed by atoms with van der Waals surface area (Å²) in [5, 5.41) is 0. The van der Waals surface area contributed by atoms with E-state index in [1.807, 2.05) is 0 Å². The largest absolute Gasteiger partial charge is 0.302 e. The monoisotopic (exact) mass is 1180 g/mol. The molecule has 0 bridgehead atoms. The Morgan fingerprint density at radius 1 is 0.259 bits per heavy atom. The molecule has 0 aliphatic carbocycles. The van der Waals surface area contributed by atoms with Crippen LogP contribution in [-0.4, -0.2) is 19.2 Å². The van der Waals surface area contributed by atoms with E-state index in [2.05, 4.69) is 45.0 Å². The molecule has 81 heavy (non-hydrogen) atoms. The van der Waals surface area contributed by atoms with Gasteiger partial charge in [-0.1, -0.05) is 160 Å². The average Bonchev–Trinajstić information content (AvgIpc) is 2.49. The summed E-state index contributed by atoms with van der Waals surface area (Å²) in [5.74, 6) is -71.4. The van der Waals surface area contributed by atoms with Gasteiger partial charge in [0.25, 0.3) is 0 Å². The van der Waals surface area contributed by atoms with Crippen LogP contribution in [0.2, 0.25) is 0 Å². The van der Waals surface area contributed by atoms with Gasteiger partial charge in [-0.15, -0.1) is 21.9 Å². The number of benzene rings is 5. The zero-order chi connectivity index (χ0) is 60.3. The summed E-state index contributed by atoms with van der Waals surface area (Å²) in [4.78, 5) is 1.74. The Morgan fingerprint density at radius 2 is 0.444 bits per heavy atom. The van der Waals surface area contributed by atoms with Crippen LogP contribution in [0.1, 0.15) is 174 Å². The van der Waals surface area contributed by atoms with Crippen molar-refractivity contribution in [3.8, 4) is 0 Å². The van der Waals surface area contributed by atoms with Crippen molar-refractivity contribution >= 4 is 33.7 Å². The third-order valence-corrected chi connectivity index (χ3v) is 14.9. The minimum Gasteiger partial charge on any atom is -0.302 e. The molecule has 0 aliphatic rings. The average molecular weight is 1180 g/mol. The molecule has 22 heteroatoms. The molecule has 5 aromatic carbocycles. The van der Waals surface area contributed by atoms with Crippen LogP contribution >= 0.6 is 0 Å². The van der Waals surface area contributed by atoms with E-state index in [0.29, 0.717) is 0 Å². The number of hydrogen-bond donors (Lipinski definition) is 1. The van der Waals surface area contributed by atoms with Gasteiger partial charge in [0, 0.05) is 5.56 Å². The van der Waals surface area contributed by atoms with E-state index in [1.165, 1.54) is 173 Å². The van der Waals surface area contributed by atoms with Gasteiger partial charge in [0.05, 0.1) is 13.1 Å². The lowest BCUT2D eigenvalue weighted by molar-refractivity contribution is -0.833. The molecular weight excluding hydrogens is 1110 g/mol. The predicted molar refractivity (Wildman–Crippen MR) is 273 cm³/mol. The first kappa shape index (κ1) is 68.2. The molecule has 5 rings (SSSR count). The first-order valence-corrected chi connectivity index (χ1v) is 27.6. The van der Waals surface area contributed by atoms with Crippen LogP contribution in [-0.2, 0) is 0 Å². The smallest absolute Gasteiger partial charge is 0.200 e. The molecule has 1 N–H and O–H groups in total. The van der Waals surface area contributed by atoms with Crippen molar-refractivity contribution in [2.45, 2.75) is 175 Å². The molecule has 0 spiro atoms. The van der Waals surface area contributed by atoms with Crippen LogP contribution in [0, 0.1) is 123 Å². The van der Waals surface area contributed by atoms with Crippen molar-refractivity contribution in [3.05, 3.63) is 146 Å². The molecule has 0 saturated heterocycles. The third-order valence-electron chi connectivity index (χ3n) is 14.9. The molecule has 0 heterocycles. The summed E-state index contributed by atoms with van der Waals surface area (Å²) in [6.45, 7) is 9.55. The fourth-order valence-electron chi connectivity index (χ4n) is 10.6. The topological polar surface area (TPSA) is 4.44 Å². The van der Waals surface area contributed by atoms with Gasteiger partial charge in [-0.2, -0.15) is 0 Å². The van der Waals surface area contributed by atoms with E-state index in [0.717, 1.165) is 0 Å². The number of para-hydroxylation sites is 1. The minimum absolute atomic E-state index is 1.32. The highest BCUT2D eigenvalue weighted by molar-refractivity contribution is 7.20. The lowest BCUT2D eigenvalue weighted by Crippen LogP contribution is -3.07. The summed E-state index contributed by atoms with van der Waals surface area (Å²) in [7, 11) is 0. The highest BCUT2D eigenvalue weighted by Gasteiger charge is 2.52. The van der Waals surface area contributed by atoms with Crippen LogP contribution in [0.15, 0.2) is 24.3 Å². The number of rotatable bonds is 31. The van der Waals surface area contributed by atoms with Crippen molar-refractivity contribution in [3.63, 3.8) is 0 Å². The number of nitrogens with one attached hydrogen (secondary N) is 1. The number of quaternary nitrogens is 1. The molecule has 0 fully saturated rings. The molecule has 0 aliphatic heterocycles. The van der Waals surface area contributed by atoms with Crippen LogP contribution < -0.4 is 26.8 Å². The Kier molecular flexibility index (Phi) is 27.4. The highest BCUT2D eigenvalue weighted by atomic mass is 19.2. The molecule has 0 amide bonds. The van der Waals surface area contributed by atoms with Crippen LogP contribution in [0.4, 0.5) is 93.5 Å². The standard InChI is InChI=1S/C35H65N.C24BF20/c1-4-6-8-10-12-14-15-16-17-18-19-20-21-23-25-29-33-36(35-31-27-26-30-34(35)3)32-28-24-22-13-11-9-7-5-2;26-5-1(6(27)14(35)21(42)13(5)34)25(2-7(28)15(36)22(43)16(37)8(2)29,3-9(30)17(38)23(44)18(39)10(3)31)4-11(32)19(40)24(45)20(41)12(4)33/h26-27,30-31H,4-25,28-29,32-33H2,1-3H3;/q;-1/p+1. The predicted octanol–water partition coefficient (Wildman–Crippen LogP) is 16.8. The van der Waals surface area contributed by atoms with E-state index in [4.69, 9.17) is 0 Å². The van der Waals surface area contributed by atoms with E-state index in [9.17, 15) is 52.7 Å². The van der Waals surface area contributed by atoms with Crippen molar-refractivity contribution in [1.29, 1.82) is 0 Å². The number of unbranched alkanes of at least 4 members (excludes halogenated alkanes) is 22. The summed E-state index contributed by atoms with van der Waals surface area (Å²) < 4.78 is 294. The van der Waals surface area contributed by atoms with E-state index in [1.54, 1.807) is 10.6 Å². The molecular formula is C59H66BF20N. The van der Waals surface area contributed by atoms with Gasteiger partial charge in [-0.3, -0.25) is 0 Å². The molecule has 1 unspecified atom stereocenters. The van der Waals surface area contributed by atoms with Gasteiger partial charge in [0.1, 0.15) is 58.4 Å². The molecule has 450 valence electrons. The number of hydrogen-bond acceptors (Lipinski definition) is 0. The number of aryl methyl sites for hydroxylation is 1. The summed E-state index contributed by atoms with van der Waals surface area (Å²) in [5.41, 5.74) is -11.3. The van der Waals surface area contributed by atoms with Crippen molar-refractivity contribution in [2.75, 3.05) is 13.1 Å². The van der Waals surface area contributed by atoms with E-state index < -0.39 is 144 Å². The van der Waals surface area contributed by atoms with Gasteiger partial charge in [-0.25, -0.2) is 87.8 Å². The van der Waals surface area contributed by atoms with E-state index in [-0.39, 0.29) is 0 Å². The maximum atomic E-state index is 15.4. The number of halogens is 20. The van der Waals surface area contributed by atoms with Crippen LogP contribution in [0.3, 0.4) is 0 Å². The van der Waals surface area contributed by atoms with Crippen molar-refractivity contribution in [1.82, 2.24) is 0 Å². The quantitative estimate of drug-likeness (QED) is 0.0148. The van der Waals surface area contributed by atoms with Gasteiger partial charge < -0.3 is 4.90 Å². The molecule has 0 radical (unpaired) electrons. The third kappa shape index (κ3) is 15.9. The molecule has 0 aromatic heterocycles. The van der Waals surface area contributed by atoms with Gasteiger partial charge in [0.15, 0.2) is 69.8 Å². The van der Waals surface area contributed by atoms with Crippen LogP contribution in [0.5, 0.6) is 0 Å². The Balaban J connectivity index is 0.000000358. The second-order valence-corrected chi connectivity index (χ2v) is 20.5. The zero-order valence-corrected chi connectivity index (χ0v) is 45.3. The summed E-state index contributed by atoms with van der Waals surface area (Å²) >= 11 is 0. The van der Waals surface area contributed by atoms with Crippen LogP contribution in [0.25, 0.3) is 0 Å². The molecule has 1 atom stereocenters. The normalized spacial score (nSPS) is 12.1. The zero-order valence-electron chi connectivity index (χ0n) is 45.3. The lowest BCUT2D eigenvalue weighted by atomic mass is 9.12. The molecule has 5 aromatic rings. The first-order valence-electron chi connectivity index (χ1n) is 27.6. The van der Waals surface area contributed by atoms with Gasteiger partial charge >= 0.3 is 0 Å². The lowest BCUT2D eigenvalue weighted by Gasteiger charge is -2.44. The fraction of sp³-hybridized carbons (Fsp3) is 0.492. The maximum absolute atomic E-state index is 15.4. The molecule has 0 saturated carbocycles. The van der Waals surface area contributed by atoms with Crippen molar-refractivity contribution in [2.24, 2.45) is 0 Å². The van der Waals surface area contributed by atoms with Gasteiger partial charge in [-0.05, 0) is 38.7 Å². The van der Waals surface area contributed by atoms with Crippen molar-refractivity contribution < 1.29 is 92.7 Å². The summed E-state index contributed by atoms with van der Waals surface area (Å²) in [6.07, 6.45) is 27.3. The Labute approximate surface area is 459 Å². The Morgan fingerprint density at radius 3 is 0.654 bits per heavy atom. The second kappa shape index (κ2) is 32.5. The first-order chi connectivity index (χ1) is 38.5. The fourth-order valence-corrected chi connectivity index (χ4v) is 10.6. The van der Waals surface area contributed by atoms with Gasteiger partial charge in [0.2, 0.25) is 0 Å². The minimum atomic E-state index is -7.22. The maximum Gasteiger partial charge on any atom is 0.200 e. The second-order valence-electron chi connectivity index (χ2n) is 20.5. The highest BCUT2D eigenvalue weighted by Crippen LogP contribution is 2.31. The Hall–Kier alpha value is -5.28. The van der Waals surface area contributed by atoms with E-state index >= 15 is 35.1 Å².